The fraction of sp³-hybridized carbons (Fsp3) is 0.350. The van der Waals surface area contributed by atoms with Crippen LogP contribution in [0.25, 0.3) is 15.6 Å². The van der Waals surface area contributed by atoms with Crippen LogP contribution in [-0.4, -0.2) is 48.9 Å². The quantitative estimate of drug-likeness (QED) is 0.455. The minimum atomic E-state index is -4.47. The van der Waals surface area contributed by atoms with Gasteiger partial charge in [-0.3, -0.25) is 4.79 Å². The Morgan fingerprint density at radius 3 is 2.62 bits per heavy atom. The lowest BCUT2D eigenvalue weighted by Crippen LogP contribution is -2.40. The van der Waals surface area contributed by atoms with Gasteiger partial charge >= 0.3 is 6.18 Å². The number of hydrogen-bond donors (Lipinski definition) is 1. The van der Waals surface area contributed by atoms with Crippen molar-refractivity contribution in [3.63, 3.8) is 0 Å². The molecular formula is C20H21F3N4O3S2. The fourth-order valence-electron chi connectivity index (χ4n) is 2.80. The van der Waals surface area contributed by atoms with Gasteiger partial charge in [0, 0.05) is 26.8 Å². The summed E-state index contributed by atoms with van der Waals surface area (Å²) in [6.45, 7) is 6.82. The first kappa shape index (κ1) is 24.0. The molecule has 1 unspecified atom stereocenters. The first-order valence-corrected chi connectivity index (χ1v) is 11.0. The number of aromatic nitrogens is 2. The number of carbonyl (C=O) groups excluding carboxylic acids is 1. The Balaban J connectivity index is 1.73. The summed E-state index contributed by atoms with van der Waals surface area (Å²) in [6, 6.07) is 1.66. The Morgan fingerprint density at radius 2 is 2.09 bits per heavy atom. The molecule has 7 nitrogen and oxygen atoms in total. The van der Waals surface area contributed by atoms with Crippen molar-refractivity contribution in [2.75, 3.05) is 25.6 Å². The normalized spacial score (nSPS) is 13.4. The van der Waals surface area contributed by atoms with Crippen LogP contribution >= 0.6 is 22.7 Å². The SMILES string of the molecule is C=C/C(=C\c1nc(C)oc1C)NC(=O)c1cc2sc(N(C)CC(OC)C(F)(F)F)nc2s1. The van der Waals surface area contributed by atoms with Gasteiger partial charge in [0.25, 0.3) is 5.91 Å². The lowest BCUT2D eigenvalue weighted by Gasteiger charge is -2.24. The fourth-order valence-corrected chi connectivity index (χ4v) is 4.88. The number of hydrogen-bond acceptors (Lipinski definition) is 8. The topological polar surface area (TPSA) is 80.5 Å². The van der Waals surface area contributed by atoms with E-state index in [1.54, 1.807) is 26.0 Å². The number of rotatable bonds is 8. The van der Waals surface area contributed by atoms with E-state index >= 15 is 0 Å². The van der Waals surface area contributed by atoms with Crippen molar-refractivity contribution in [1.82, 2.24) is 15.3 Å². The number of alkyl halides is 3. The second kappa shape index (κ2) is 9.43. The number of allylic oxidation sites excluding steroid dienone is 1. The summed E-state index contributed by atoms with van der Waals surface area (Å²) < 4.78 is 49.5. The highest BCUT2D eigenvalue weighted by atomic mass is 32.1. The molecule has 0 saturated heterocycles. The van der Waals surface area contributed by atoms with Crippen LogP contribution in [0.5, 0.6) is 0 Å². The zero-order valence-electron chi connectivity index (χ0n) is 17.7. The van der Waals surface area contributed by atoms with Crippen molar-refractivity contribution >= 4 is 49.3 Å². The number of fused-ring (bicyclic) bond motifs is 1. The van der Waals surface area contributed by atoms with Crippen molar-refractivity contribution in [1.29, 1.82) is 0 Å². The van der Waals surface area contributed by atoms with E-state index in [0.717, 1.165) is 18.4 Å². The summed E-state index contributed by atoms with van der Waals surface area (Å²) in [4.78, 5) is 23.6. The first-order valence-electron chi connectivity index (χ1n) is 9.32. The van der Waals surface area contributed by atoms with Crippen LogP contribution in [0, 0.1) is 13.8 Å². The van der Waals surface area contributed by atoms with Gasteiger partial charge in [-0.15, -0.1) is 11.3 Å². The number of halogens is 3. The molecule has 0 aromatic carbocycles. The number of anilines is 1. The Kier molecular flexibility index (Phi) is 7.06. The van der Waals surface area contributed by atoms with Gasteiger partial charge in [0.2, 0.25) is 0 Å². The monoisotopic (exact) mass is 486 g/mol. The molecule has 0 fully saturated rings. The maximum absolute atomic E-state index is 12.9. The van der Waals surface area contributed by atoms with Crippen LogP contribution in [0.4, 0.5) is 18.3 Å². The van der Waals surface area contributed by atoms with Gasteiger partial charge in [0.1, 0.15) is 16.3 Å². The predicted molar refractivity (Wildman–Crippen MR) is 119 cm³/mol. The molecule has 0 spiro atoms. The summed E-state index contributed by atoms with van der Waals surface area (Å²) in [7, 11) is 2.54. The van der Waals surface area contributed by atoms with Crippen LogP contribution in [-0.2, 0) is 4.74 Å². The van der Waals surface area contributed by atoms with E-state index in [2.05, 4.69) is 26.6 Å². The summed E-state index contributed by atoms with van der Waals surface area (Å²) in [6.07, 6.45) is -3.24. The number of thiazole rings is 1. The Morgan fingerprint density at radius 1 is 1.38 bits per heavy atom. The van der Waals surface area contributed by atoms with Gasteiger partial charge in [-0.05, 0) is 25.1 Å². The standard InChI is InChI=1S/C20H21F3N4O3S2/c1-6-12(7-13-10(2)30-11(3)24-13)25-17(28)14-8-15-18(31-14)26-19(32-15)27(4)9-16(29-5)20(21,22)23/h6-8,16H,1,9H2,2-5H3,(H,25,28)/b12-7+. The van der Waals surface area contributed by atoms with Gasteiger partial charge in [-0.1, -0.05) is 17.9 Å². The molecule has 0 radical (unpaired) electrons. The molecule has 172 valence electrons. The Bertz CT molecular complexity index is 1130. The highest BCUT2D eigenvalue weighted by Crippen LogP contribution is 2.35. The second-order valence-electron chi connectivity index (χ2n) is 6.86. The van der Waals surface area contributed by atoms with Crippen molar-refractivity contribution < 1.29 is 27.1 Å². The molecule has 12 heteroatoms. The molecule has 1 amide bonds. The molecular weight excluding hydrogens is 465 g/mol. The summed E-state index contributed by atoms with van der Waals surface area (Å²) in [5, 5.41) is 3.17. The second-order valence-corrected chi connectivity index (χ2v) is 8.89. The maximum atomic E-state index is 12.9. The molecule has 0 aliphatic carbocycles. The van der Waals surface area contributed by atoms with Crippen molar-refractivity contribution in [3.8, 4) is 0 Å². The number of amides is 1. The zero-order chi connectivity index (χ0) is 23.6. The lowest BCUT2D eigenvalue weighted by molar-refractivity contribution is -0.209. The molecule has 3 rings (SSSR count). The highest BCUT2D eigenvalue weighted by molar-refractivity contribution is 7.29. The van der Waals surface area contributed by atoms with Gasteiger partial charge < -0.3 is 19.4 Å². The molecule has 0 saturated carbocycles. The third kappa shape index (κ3) is 5.37. The molecule has 3 heterocycles. The number of ether oxygens (including phenoxy) is 1. The van der Waals surface area contributed by atoms with Crippen molar-refractivity contribution in [2.45, 2.75) is 26.1 Å². The van der Waals surface area contributed by atoms with Crippen molar-refractivity contribution in [2.24, 2.45) is 0 Å². The molecule has 1 atom stereocenters. The average molecular weight is 487 g/mol. The number of aryl methyl sites for hydroxylation is 2. The number of nitrogens with one attached hydrogen (secondary N) is 1. The van der Waals surface area contributed by atoms with Gasteiger partial charge in [0.05, 0.1) is 16.1 Å². The van der Waals surface area contributed by atoms with Crippen LogP contribution in [0.1, 0.15) is 27.0 Å². The third-order valence-electron chi connectivity index (χ3n) is 4.43. The highest BCUT2D eigenvalue weighted by Gasteiger charge is 2.41. The Labute approximate surface area is 190 Å². The minimum absolute atomic E-state index is 0.351. The number of nitrogens with zero attached hydrogens (tertiary/aromatic N) is 3. The third-order valence-corrected chi connectivity index (χ3v) is 6.70. The summed E-state index contributed by atoms with van der Waals surface area (Å²) >= 11 is 2.36. The molecule has 0 aliphatic rings. The number of carbonyl (C=O) groups is 1. The maximum Gasteiger partial charge on any atom is 0.416 e. The molecule has 0 aliphatic heterocycles. The molecule has 0 bridgehead atoms. The molecule has 32 heavy (non-hydrogen) atoms. The van der Waals surface area contributed by atoms with E-state index in [1.165, 1.54) is 29.4 Å². The minimum Gasteiger partial charge on any atom is -0.446 e. The number of oxazole rings is 1. The molecule has 3 aromatic heterocycles. The zero-order valence-corrected chi connectivity index (χ0v) is 19.4. The number of thiophene rings is 1. The largest absolute Gasteiger partial charge is 0.446 e. The number of likely N-dealkylation sites (N-methyl/N-ethyl adjacent to an activating group) is 1. The summed E-state index contributed by atoms with van der Waals surface area (Å²) in [5.41, 5.74) is 1.04. The van der Waals surface area contributed by atoms with Gasteiger partial charge in [0.15, 0.2) is 17.1 Å². The molecule has 1 N–H and O–H groups in total. The van der Waals surface area contributed by atoms with Crippen LogP contribution in [0.15, 0.2) is 28.8 Å². The Hall–Kier alpha value is -2.70. The average Bonchev–Trinajstić information content (AvgIpc) is 3.37. The van der Waals surface area contributed by atoms with Crippen LogP contribution in [0.3, 0.4) is 0 Å². The van der Waals surface area contributed by atoms with E-state index in [4.69, 9.17) is 4.42 Å². The van der Waals surface area contributed by atoms with Crippen molar-refractivity contribution in [3.05, 3.63) is 46.6 Å². The van der Waals surface area contributed by atoms with E-state index in [0.29, 0.717) is 42.6 Å². The number of methoxy groups -OCH3 is 1. The molecule has 3 aromatic rings. The van der Waals surface area contributed by atoms with Crippen LogP contribution in [0.2, 0.25) is 0 Å². The van der Waals surface area contributed by atoms with Gasteiger partial charge in [-0.2, -0.15) is 13.2 Å². The summed E-state index contributed by atoms with van der Waals surface area (Å²) in [5.74, 6) is 0.784. The van der Waals surface area contributed by atoms with E-state index in [1.807, 2.05) is 0 Å². The van der Waals surface area contributed by atoms with Crippen LogP contribution < -0.4 is 10.2 Å². The van der Waals surface area contributed by atoms with E-state index in [9.17, 15) is 18.0 Å². The predicted octanol–water partition coefficient (Wildman–Crippen LogP) is 4.93. The smallest absolute Gasteiger partial charge is 0.416 e. The van der Waals surface area contributed by atoms with Gasteiger partial charge in [-0.25, -0.2) is 9.97 Å². The first-order chi connectivity index (χ1) is 15.0. The lowest BCUT2D eigenvalue weighted by atomic mass is 10.3. The van der Waals surface area contributed by atoms with E-state index in [-0.39, 0.29) is 12.5 Å². The van der Waals surface area contributed by atoms with E-state index < -0.39 is 12.3 Å².